The Morgan fingerprint density at radius 3 is 2.35 bits per heavy atom. The van der Waals surface area contributed by atoms with Crippen molar-refractivity contribution in [2.75, 3.05) is 33.7 Å². The molecule has 1 aromatic heterocycles. The van der Waals surface area contributed by atoms with Gasteiger partial charge in [0, 0.05) is 20.3 Å². The zero-order chi connectivity index (χ0) is 15.2. The summed E-state index contributed by atoms with van der Waals surface area (Å²) in [7, 11) is 3.34. The molecule has 112 valence electrons. The molecular weight excluding hydrogens is 254 g/mol. The van der Waals surface area contributed by atoms with Crippen molar-refractivity contribution in [3.05, 3.63) is 24.0 Å². The molecule has 1 amide bonds. The van der Waals surface area contributed by atoms with E-state index in [4.69, 9.17) is 4.74 Å². The normalized spacial score (nSPS) is 11.2. The molecule has 5 heteroatoms. The largest absolute Gasteiger partial charge is 0.414 e. The van der Waals surface area contributed by atoms with E-state index in [2.05, 4.69) is 25.8 Å². The summed E-state index contributed by atoms with van der Waals surface area (Å²) in [5.41, 5.74) is 0.841. The molecule has 5 nitrogen and oxygen atoms in total. The topological polar surface area (TPSA) is 42.4 Å². The van der Waals surface area contributed by atoms with E-state index in [9.17, 15) is 4.79 Å². The van der Waals surface area contributed by atoms with Gasteiger partial charge >= 0.3 is 6.09 Å². The van der Waals surface area contributed by atoms with Crippen LogP contribution in [0.15, 0.2) is 18.3 Å². The lowest BCUT2D eigenvalue weighted by molar-refractivity contribution is -0.936. The van der Waals surface area contributed by atoms with Crippen molar-refractivity contribution in [2.45, 2.75) is 27.3 Å². The number of amides is 1. The van der Waals surface area contributed by atoms with Crippen molar-refractivity contribution in [1.29, 1.82) is 0 Å². The first-order valence-corrected chi connectivity index (χ1v) is 7.16. The quantitative estimate of drug-likeness (QED) is 0.752. The molecule has 0 radical (unpaired) electrons. The summed E-state index contributed by atoms with van der Waals surface area (Å²) < 4.78 is 6.33. The first-order chi connectivity index (χ1) is 9.48. The minimum Gasteiger partial charge on any atom is -0.408 e. The number of rotatable bonds is 6. The molecule has 0 spiro atoms. The van der Waals surface area contributed by atoms with Gasteiger partial charge in [0.15, 0.2) is 5.75 Å². The second kappa shape index (κ2) is 7.24. The minimum atomic E-state index is -0.373. The van der Waals surface area contributed by atoms with Gasteiger partial charge in [0.2, 0.25) is 0 Å². The summed E-state index contributed by atoms with van der Waals surface area (Å²) in [6.07, 6.45) is 1.37. The van der Waals surface area contributed by atoms with Crippen LogP contribution in [0, 0.1) is 0 Å². The standard InChI is InChI=1S/C15H26N3O2/c1-6-18(7-2,8-3)12-13-14(10-9-11-16-13)20-15(19)17(4)5/h9-11H,6-8,12H2,1-5H3/q+1. The van der Waals surface area contributed by atoms with Crippen molar-refractivity contribution < 1.29 is 14.0 Å². The van der Waals surface area contributed by atoms with Gasteiger partial charge in [0.05, 0.1) is 19.6 Å². The third-order valence-corrected chi connectivity index (χ3v) is 3.91. The number of hydrogen-bond donors (Lipinski definition) is 0. The molecule has 0 saturated carbocycles. The molecule has 0 unspecified atom stereocenters. The Hall–Kier alpha value is -1.62. The molecule has 0 atom stereocenters. The maximum Gasteiger partial charge on any atom is 0.414 e. The molecule has 0 aliphatic heterocycles. The zero-order valence-corrected chi connectivity index (χ0v) is 13.2. The molecule has 0 fully saturated rings. The fourth-order valence-electron chi connectivity index (χ4n) is 2.14. The van der Waals surface area contributed by atoms with E-state index in [1.165, 1.54) is 4.90 Å². The molecule has 0 aliphatic rings. The number of pyridine rings is 1. The van der Waals surface area contributed by atoms with Gasteiger partial charge in [-0.15, -0.1) is 0 Å². The summed E-state index contributed by atoms with van der Waals surface area (Å²) in [6, 6.07) is 3.60. The molecule has 0 aliphatic carbocycles. The Morgan fingerprint density at radius 2 is 1.85 bits per heavy atom. The smallest absolute Gasteiger partial charge is 0.408 e. The molecule has 0 N–H and O–H groups in total. The van der Waals surface area contributed by atoms with Gasteiger partial charge in [-0.2, -0.15) is 0 Å². The zero-order valence-electron chi connectivity index (χ0n) is 13.2. The minimum absolute atomic E-state index is 0.373. The van der Waals surface area contributed by atoms with Crippen LogP contribution in [0.3, 0.4) is 0 Å². The highest BCUT2D eigenvalue weighted by Crippen LogP contribution is 2.21. The summed E-state index contributed by atoms with van der Waals surface area (Å²) in [5, 5.41) is 0. The van der Waals surface area contributed by atoms with Gasteiger partial charge in [-0.25, -0.2) is 4.79 Å². The van der Waals surface area contributed by atoms with E-state index in [1.54, 1.807) is 32.4 Å². The monoisotopic (exact) mass is 280 g/mol. The number of aromatic nitrogens is 1. The summed E-state index contributed by atoms with van der Waals surface area (Å²) in [5.74, 6) is 0.559. The van der Waals surface area contributed by atoms with Crippen LogP contribution in [0.2, 0.25) is 0 Å². The molecule has 0 saturated heterocycles. The highest BCUT2D eigenvalue weighted by Gasteiger charge is 2.24. The van der Waals surface area contributed by atoms with Gasteiger partial charge in [-0.05, 0) is 32.9 Å². The van der Waals surface area contributed by atoms with Crippen LogP contribution in [-0.2, 0) is 6.54 Å². The van der Waals surface area contributed by atoms with Gasteiger partial charge in [-0.1, -0.05) is 0 Å². The SMILES string of the molecule is CC[N+](CC)(CC)Cc1ncccc1OC(=O)N(C)C. The fourth-order valence-corrected chi connectivity index (χ4v) is 2.14. The van der Waals surface area contributed by atoms with Crippen molar-refractivity contribution in [2.24, 2.45) is 0 Å². The highest BCUT2D eigenvalue weighted by molar-refractivity contribution is 5.70. The molecule has 1 aromatic rings. The van der Waals surface area contributed by atoms with E-state index in [0.29, 0.717) is 5.75 Å². The van der Waals surface area contributed by atoms with Crippen LogP contribution in [0.5, 0.6) is 5.75 Å². The lowest BCUT2D eigenvalue weighted by Gasteiger charge is -2.35. The second-order valence-electron chi connectivity index (χ2n) is 5.16. The van der Waals surface area contributed by atoms with Gasteiger partial charge < -0.3 is 14.1 Å². The van der Waals surface area contributed by atoms with Gasteiger partial charge in [-0.3, -0.25) is 4.98 Å². The Balaban J connectivity index is 2.98. The Kier molecular flexibility index (Phi) is 5.95. The van der Waals surface area contributed by atoms with Crippen LogP contribution in [-0.4, -0.2) is 54.2 Å². The lowest BCUT2D eigenvalue weighted by atomic mass is 10.2. The molecule has 0 bridgehead atoms. The van der Waals surface area contributed by atoms with Gasteiger partial charge in [0.1, 0.15) is 12.2 Å². The van der Waals surface area contributed by atoms with Crippen molar-refractivity contribution >= 4 is 6.09 Å². The third kappa shape index (κ3) is 3.93. The average Bonchev–Trinajstić information content (AvgIpc) is 2.46. The highest BCUT2D eigenvalue weighted by atomic mass is 16.6. The first kappa shape index (κ1) is 16.4. The lowest BCUT2D eigenvalue weighted by Crippen LogP contribution is -2.47. The van der Waals surface area contributed by atoms with E-state index in [1.807, 2.05) is 0 Å². The van der Waals surface area contributed by atoms with Crippen LogP contribution in [0.1, 0.15) is 26.5 Å². The summed E-state index contributed by atoms with van der Waals surface area (Å²) >= 11 is 0. The fraction of sp³-hybridized carbons (Fsp3) is 0.600. The third-order valence-electron chi connectivity index (χ3n) is 3.91. The number of carbonyl (C=O) groups excluding carboxylic acids is 1. The van der Waals surface area contributed by atoms with Gasteiger partial charge in [0.25, 0.3) is 0 Å². The molecule has 0 aromatic carbocycles. The van der Waals surface area contributed by atoms with Crippen molar-refractivity contribution in [3.63, 3.8) is 0 Å². The van der Waals surface area contributed by atoms with Crippen molar-refractivity contribution in [1.82, 2.24) is 9.88 Å². The molecule has 1 heterocycles. The first-order valence-electron chi connectivity index (χ1n) is 7.16. The predicted molar refractivity (Wildman–Crippen MR) is 79.5 cm³/mol. The molecule has 1 rings (SSSR count). The Morgan fingerprint density at radius 1 is 1.25 bits per heavy atom. The number of carbonyl (C=O) groups is 1. The van der Waals surface area contributed by atoms with E-state index < -0.39 is 0 Å². The average molecular weight is 280 g/mol. The number of hydrogen-bond acceptors (Lipinski definition) is 3. The van der Waals surface area contributed by atoms with Crippen LogP contribution in [0.25, 0.3) is 0 Å². The molecule has 20 heavy (non-hydrogen) atoms. The van der Waals surface area contributed by atoms with Crippen LogP contribution < -0.4 is 4.74 Å². The van der Waals surface area contributed by atoms with E-state index in [0.717, 1.165) is 36.4 Å². The number of quaternary nitrogens is 1. The van der Waals surface area contributed by atoms with Crippen LogP contribution in [0.4, 0.5) is 4.79 Å². The maximum atomic E-state index is 11.7. The summed E-state index contributed by atoms with van der Waals surface area (Å²) in [6.45, 7) is 10.4. The number of ether oxygens (including phenoxy) is 1. The number of nitrogens with zero attached hydrogens (tertiary/aromatic N) is 3. The second-order valence-corrected chi connectivity index (χ2v) is 5.16. The van der Waals surface area contributed by atoms with Crippen molar-refractivity contribution in [3.8, 4) is 5.75 Å². The maximum absolute atomic E-state index is 11.7. The summed E-state index contributed by atoms with van der Waals surface area (Å²) in [4.78, 5) is 17.5. The van der Waals surface area contributed by atoms with Crippen LogP contribution >= 0.6 is 0 Å². The predicted octanol–water partition coefficient (Wildman–Crippen LogP) is 2.52. The van der Waals surface area contributed by atoms with E-state index in [-0.39, 0.29) is 6.09 Å². The Bertz CT molecular complexity index is 434. The van der Waals surface area contributed by atoms with E-state index >= 15 is 0 Å². The Labute approximate surface area is 121 Å². The molecular formula is C15H26N3O2+.